The smallest absolute Gasteiger partial charge is 0.404 e. The van der Waals surface area contributed by atoms with Gasteiger partial charge in [0.15, 0.2) is 0 Å². The molecule has 15 heavy (non-hydrogen) atoms. The van der Waals surface area contributed by atoms with Gasteiger partial charge in [-0.25, -0.2) is 4.79 Å². The molecule has 0 aliphatic carbocycles. The van der Waals surface area contributed by atoms with Gasteiger partial charge in [0.25, 0.3) is 0 Å². The van der Waals surface area contributed by atoms with E-state index >= 15 is 0 Å². The summed E-state index contributed by atoms with van der Waals surface area (Å²) in [6.45, 7) is 5.09. The summed E-state index contributed by atoms with van der Waals surface area (Å²) in [5.74, 6) is 0. The molecule has 0 unspecified atom stereocenters. The van der Waals surface area contributed by atoms with Gasteiger partial charge in [-0.05, 0) is 19.6 Å². The average Bonchev–Trinajstić information content (AvgIpc) is 2.18. The maximum atomic E-state index is 10.9. The summed E-state index contributed by atoms with van der Waals surface area (Å²) in [6, 6.07) is 0. The molecule has 5 heteroatoms. The summed E-state index contributed by atoms with van der Waals surface area (Å²) in [5.41, 5.74) is 5.26. The third-order valence-electron chi connectivity index (χ3n) is 1.56. The molecule has 0 fully saturated rings. The number of hydrogen-bond acceptors (Lipinski definition) is 3. The fourth-order valence-corrected chi connectivity index (χ4v) is 0.797. The van der Waals surface area contributed by atoms with Crippen LogP contribution >= 0.6 is 0 Å². The van der Waals surface area contributed by atoms with Crippen molar-refractivity contribution >= 4 is 6.09 Å². The van der Waals surface area contributed by atoms with Gasteiger partial charge in [-0.15, -0.1) is 6.58 Å². The van der Waals surface area contributed by atoms with Gasteiger partial charge in [0, 0.05) is 28.0 Å². The molecule has 1 amide bonds. The van der Waals surface area contributed by atoms with E-state index in [0.717, 1.165) is 19.3 Å². The van der Waals surface area contributed by atoms with Gasteiger partial charge in [-0.1, -0.05) is 12.5 Å². The number of carbonyl (C=O) groups excluding carboxylic acids is 1. The summed E-state index contributed by atoms with van der Waals surface area (Å²) in [4.78, 5) is 10.9. The number of hydrogen-bond donors (Lipinski definition) is 2. The summed E-state index contributed by atoms with van der Waals surface area (Å²) < 4.78 is 4.85. The molecule has 1 radical (unpaired) electrons. The fourth-order valence-electron chi connectivity index (χ4n) is 0.797. The number of nitrogens with one attached hydrogen (secondary N) is 1. The monoisotopic (exact) mass is 254 g/mol. The Morgan fingerprint density at radius 3 is 3.00 bits per heavy atom. The molecule has 0 aliphatic heterocycles. The number of carbonyl (C=O) groups is 1. The van der Waals surface area contributed by atoms with Crippen molar-refractivity contribution in [3.8, 4) is 0 Å². The van der Waals surface area contributed by atoms with Crippen LogP contribution in [-0.2, 0) is 23.3 Å². The van der Waals surface area contributed by atoms with E-state index in [9.17, 15) is 4.79 Å². The van der Waals surface area contributed by atoms with E-state index in [4.69, 9.17) is 10.5 Å². The molecule has 0 heterocycles. The van der Waals surface area contributed by atoms with Gasteiger partial charge >= 0.3 is 6.09 Å². The van der Waals surface area contributed by atoms with E-state index in [0.29, 0.717) is 19.7 Å². The van der Waals surface area contributed by atoms with E-state index in [1.807, 2.05) is 12.5 Å². The minimum absolute atomic E-state index is 0. The molecule has 0 rings (SSSR count). The number of nitrogens with two attached hydrogens (primary N) is 1. The molecular weight excluding hydrogens is 231 g/mol. The SMILES string of the molecule is C=CCC[CH-]COC(=O)NCCCN.[HH].[HH].[V]. The molecule has 0 aromatic heterocycles. The number of ether oxygens (including phenoxy) is 1. The zero-order valence-corrected chi connectivity index (χ0v) is 10.3. The molecule has 0 aromatic rings. The van der Waals surface area contributed by atoms with E-state index in [-0.39, 0.29) is 27.5 Å². The number of amides is 1. The quantitative estimate of drug-likeness (QED) is 0.394. The van der Waals surface area contributed by atoms with Gasteiger partial charge in [-0.2, -0.15) is 6.42 Å². The Balaban J connectivity index is -0.000000282. The molecule has 0 saturated heterocycles. The Morgan fingerprint density at radius 2 is 2.40 bits per heavy atom. The molecule has 0 aliphatic rings. The molecule has 0 aromatic carbocycles. The molecule has 0 saturated carbocycles. The number of allylic oxidation sites excluding steroid dienone is 1. The van der Waals surface area contributed by atoms with E-state index < -0.39 is 0 Å². The zero-order chi connectivity index (χ0) is 10.6. The molecule has 4 nitrogen and oxygen atoms in total. The molecule has 0 spiro atoms. The largest absolute Gasteiger partial charge is 0.482 e. The molecule has 3 N–H and O–H groups in total. The van der Waals surface area contributed by atoms with Crippen LogP contribution in [0.4, 0.5) is 4.79 Å². The van der Waals surface area contributed by atoms with E-state index in [2.05, 4.69) is 11.9 Å². The van der Waals surface area contributed by atoms with Crippen LogP contribution < -0.4 is 11.1 Å². The van der Waals surface area contributed by atoms with Gasteiger partial charge in [0.1, 0.15) is 0 Å². The van der Waals surface area contributed by atoms with Crippen molar-refractivity contribution in [3.05, 3.63) is 19.1 Å². The van der Waals surface area contributed by atoms with Crippen LogP contribution in [0.15, 0.2) is 12.7 Å². The predicted octanol–water partition coefficient (Wildman–Crippen LogP) is 1.72. The molecular formula is C10H23N2O2V-. The van der Waals surface area contributed by atoms with Crippen molar-refractivity contribution < 1.29 is 30.9 Å². The van der Waals surface area contributed by atoms with E-state index in [1.54, 1.807) is 0 Å². The second kappa shape index (κ2) is 13.6. The Morgan fingerprint density at radius 1 is 1.67 bits per heavy atom. The van der Waals surface area contributed by atoms with Crippen LogP contribution in [0.1, 0.15) is 22.1 Å². The summed E-state index contributed by atoms with van der Waals surface area (Å²) in [5, 5.41) is 2.59. The Bertz CT molecular complexity index is 174. The fraction of sp³-hybridized carbons (Fsp3) is 0.600. The zero-order valence-electron chi connectivity index (χ0n) is 8.95. The minimum Gasteiger partial charge on any atom is -0.482 e. The topological polar surface area (TPSA) is 64.3 Å². The first-order valence-electron chi connectivity index (χ1n) is 4.84. The third-order valence-corrected chi connectivity index (χ3v) is 1.56. The Hall–Kier alpha value is -0.446. The molecule has 0 atom stereocenters. The van der Waals surface area contributed by atoms with Gasteiger partial charge in [-0.3, -0.25) is 6.42 Å². The van der Waals surface area contributed by atoms with Crippen molar-refractivity contribution in [3.63, 3.8) is 0 Å². The first-order chi connectivity index (χ1) is 6.81. The van der Waals surface area contributed by atoms with Crippen LogP contribution in [0.25, 0.3) is 0 Å². The first-order valence-corrected chi connectivity index (χ1v) is 4.84. The predicted molar refractivity (Wildman–Crippen MR) is 61.0 cm³/mol. The Kier molecular flexibility index (Phi) is 15.3. The van der Waals surface area contributed by atoms with Gasteiger partial charge < -0.3 is 15.8 Å². The van der Waals surface area contributed by atoms with Crippen LogP contribution in [-0.4, -0.2) is 25.8 Å². The van der Waals surface area contributed by atoms with Gasteiger partial charge in [0.05, 0.1) is 0 Å². The Labute approximate surface area is 106 Å². The number of rotatable bonds is 8. The van der Waals surface area contributed by atoms with Crippen molar-refractivity contribution in [2.45, 2.75) is 19.3 Å². The second-order valence-corrected chi connectivity index (χ2v) is 2.82. The van der Waals surface area contributed by atoms with Gasteiger partial charge in [0.2, 0.25) is 0 Å². The molecule has 0 bridgehead atoms. The molecule has 91 valence electrons. The van der Waals surface area contributed by atoms with Crippen molar-refractivity contribution in [1.29, 1.82) is 0 Å². The van der Waals surface area contributed by atoms with Crippen molar-refractivity contribution in [1.82, 2.24) is 5.32 Å². The normalized spacial score (nSPS) is 8.87. The third kappa shape index (κ3) is 13.6. The first kappa shape index (κ1) is 17.0. The summed E-state index contributed by atoms with van der Waals surface area (Å²) >= 11 is 0. The van der Waals surface area contributed by atoms with Crippen molar-refractivity contribution in [2.75, 3.05) is 19.7 Å². The van der Waals surface area contributed by atoms with Crippen LogP contribution in [0.3, 0.4) is 0 Å². The maximum absolute atomic E-state index is 10.9. The van der Waals surface area contributed by atoms with Crippen molar-refractivity contribution in [2.24, 2.45) is 5.73 Å². The second-order valence-electron chi connectivity index (χ2n) is 2.82. The minimum atomic E-state index is -0.381. The van der Waals surface area contributed by atoms with E-state index in [1.165, 1.54) is 0 Å². The number of alkyl carbamates (subject to hydrolysis) is 1. The number of unbranched alkanes of at least 4 members (excludes halogenated alkanes) is 2. The standard InChI is InChI=1S/C10H19N2O2.V.2H2/c1-2-3-4-5-9-14-10(13)12-8-6-7-11;;;/h2,5H,1,3-4,6-9,11H2,(H,12,13);;2*1H/q-1;;;. The summed E-state index contributed by atoms with van der Waals surface area (Å²) in [7, 11) is 0. The average molecular weight is 254 g/mol. The van der Waals surface area contributed by atoms with Crippen LogP contribution in [0, 0.1) is 6.42 Å². The summed E-state index contributed by atoms with van der Waals surface area (Å²) in [6.07, 6.45) is 5.93. The maximum Gasteiger partial charge on any atom is 0.404 e. The van der Waals surface area contributed by atoms with Crippen LogP contribution in [0.5, 0.6) is 0 Å². The van der Waals surface area contributed by atoms with Crippen LogP contribution in [0.2, 0.25) is 0 Å².